The molecule has 2 heterocycles. The Kier molecular flexibility index (Phi) is 3.66. The van der Waals surface area contributed by atoms with E-state index in [1.165, 1.54) is 0 Å². The van der Waals surface area contributed by atoms with E-state index in [1.54, 1.807) is 0 Å². The molecule has 1 fully saturated rings. The van der Waals surface area contributed by atoms with Gasteiger partial charge in [-0.05, 0) is 12.1 Å². The van der Waals surface area contributed by atoms with E-state index in [0.29, 0.717) is 12.4 Å². The summed E-state index contributed by atoms with van der Waals surface area (Å²) in [5.41, 5.74) is 12.5. The second kappa shape index (κ2) is 5.60. The molecule has 20 heavy (non-hydrogen) atoms. The summed E-state index contributed by atoms with van der Waals surface area (Å²) in [6, 6.07) is 7.85. The molecule has 2 aromatic rings. The Morgan fingerprint density at radius 3 is 2.55 bits per heavy atom. The lowest BCUT2D eigenvalue weighted by atomic mass is 10.2. The molecule has 6 heteroatoms. The van der Waals surface area contributed by atoms with Crippen LogP contribution in [0.1, 0.15) is 0 Å². The van der Waals surface area contributed by atoms with Crippen LogP contribution in [0.2, 0.25) is 0 Å². The fraction of sp³-hybridized carbons (Fsp3) is 0.429. The maximum absolute atomic E-state index is 6.03. The Morgan fingerprint density at radius 1 is 1.05 bits per heavy atom. The Morgan fingerprint density at radius 2 is 1.80 bits per heavy atom. The summed E-state index contributed by atoms with van der Waals surface area (Å²) in [5.74, 6) is 1.28. The number of para-hydroxylation sites is 1. The quantitative estimate of drug-likeness (QED) is 0.835. The molecule has 0 bridgehead atoms. The van der Waals surface area contributed by atoms with Gasteiger partial charge >= 0.3 is 0 Å². The molecule has 0 saturated carbocycles. The van der Waals surface area contributed by atoms with Gasteiger partial charge in [0.05, 0.1) is 5.52 Å². The zero-order valence-electron chi connectivity index (χ0n) is 11.5. The van der Waals surface area contributed by atoms with Crippen LogP contribution in [0, 0.1) is 0 Å². The smallest absolute Gasteiger partial charge is 0.227 e. The van der Waals surface area contributed by atoms with E-state index in [0.717, 1.165) is 49.6 Å². The molecule has 1 saturated heterocycles. The SMILES string of the molecule is NCCN1CCN(c2nc(N)c3ccccc3n2)CC1. The van der Waals surface area contributed by atoms with Crippen LogP contribution >= 0.6 is 0 Å². The number of piperazine rings is 1. The molecular weight excluding hydrogens is 252 g/mol. The molecule has 0 unspecified atom stereocenters. The number of anilines is 2. The Hall–Kier alpha value is -1.92. The van der Waals surface area contributed by atoms with Crippen molar-refractivity contribution in [2.75, 3.05) is 49.9 Å². The van der Waals surface area contributed by atoms with Crippen LogP contribution < -0.4 is 16.4 Å². The monoisotopic (exact) mass is 272 g/mol. The number of hydrogen-bond acceptors (Lipinski definition) is 6. The number of nitrogens with zero attached hydrogens (tertiary/aromatic N) is 4. The second-order valence-electron chi connectivity index (χ2n) is 5.04. The summed E-state index contributed by atoms with van der Waals surface area (Å²) in [4.78, 5) is 13.6. The third-order valence-corrected chi connectivity index (χ3v) is 3.72. The zero-order valence-corrected chi connectivity index (χ0v) is 11.5. The molecule has 0 amide bonds. The molecule has 1 aliphatic heterocycles. The predicted octanol–water partition coefficient (Wildman–Crippen LogP) is 0.293. The molecule has 0 atom stereocenters. The number of rotatable bonds is 3. The van der Waals surface area contributed by atoms with E-state index in [1.807, 2.05) is 24.3 Å². The molecule has 6 nitrogen and oxygen atoms in total. The number of aromatic nitrogens is 2. The third-order valence-electron chi connectivity index (χ3n) is 3.72. The van der Waals surface area contributed by atoms with Crippen molar-refractivity contribution in [2.24, 2.45) is 5.73 Å². The van der Waals surface area contributed by atoms with Crippen molar-refractivity contribution in [1.82, 2.24) is 14.9 Å². The number of hydrogen-bond donors (Lipinski definition) is 2. The lowest BCUT2D eigenvalue weighted by Crippen LogP contribution is -2.48. The average Bonchev–Trinajstić information content (AvgIpc) is 2.48. The third kappa shape index (κ3) is 2.52. The van der Waals surface area contributed by atoms with Crippen LogP contribution in [0.25, 0.3) is 10.9 Å². The summed E-state index contributed by atoms with van der Waals surface area (Å²) >= 11 is 0. The summed E-state index contributed by atoms with van der Waals surface area (Å²) in [6.07, 6.45) is 0. The largest absolute Gasteiger partial charge is 0.383 e. The molecular formula is C14H20N6. The lowest BCUT2D eigenvalue weighted by Gasteiger charge is -2.34. The first-order valence-corrected chi connectivity index (χ1v) is 6.97. The zero-order chi connectivity index (χ0) is 13.9. The maximum atomic E-state index is 6.03. The number of nitrogen functional groups attached to an aromatic ring is 1. The first-order chi connectivity index (χ1) is 9.78. The number of nitrogens with two attached hydrogens (primary N) is 2. The van der Waals surface area contributed by atoms with Crippen molar-refractivity contribution in [3.05, 3.63) is 24.3 Å². The highest BCUT2D eigenvalue weighted by atomic mass is 15.3. The van der Waals surface area contributed by atoms with Crippen LogP contribution in [0.4, 0.5) is 11.8 Å². The lowest BCUT2D eigenvalue weighted by molar-refractivity contribution is 0.263. The molecule has 3 rings (SSSR count). The van der Waals surface area contributed by atoms with E-state index >= 15 is 0 Å². The predicted molar refractivity (Wildman–Crippen MR) is 81.7 cm³/mol. The minimum absolute atomic E-state index is 0.551. The maximum Gasteiger partial charge on any atom is 0.227 e. The molecule has 0 spiro atoms. The van der Waals surface area contributed by atoms with Gasteiger partial charge in [0, 0.05) is 44.7 Å². The highest BCUT2D eigenvalue weighted by Crippen LogP contribution is 2.21. The molecule has 0 radical (unpaired) electrons. The highest BCUT2D eigenvalue weighted by molar-refractivity contribution is 5.88. The Labute approximate surface area is 118 Å². The first-order valence-electron chi connectivity index (χ1n) is 6.97. The molecule has 4 N–H and O–H groups in total. The Bertz CT molecular complexity index is 591. The van der Waals surface area contributed by atoms with Gasteiger partial charge in [-0.15, -0.1) is 0 Å². The van der Waals surface area contributed by atoms with Gasteiger partial charge < -0.3 is 16.4 Å². The van der Waals surface area contributed by atoms with Gasteiger partial charge in [0.15, 0.2) is 0 Å². The summed E-state index contributed by atoms with van der Waals surface area (Å²) < 4.78 is 0. The molecule has 1 aromatic heterocycles. The van der Waals surface area contributed by atoms with Crippen molar-refractivity contribution in [2.45, 2.75) is 0 Å². The molecule has 106 valence electrons. The summed E-state index contributed by atoms with van der Waals surface area (Å²) in [5, 5.41) is 0.915. The van der Waals surface area contributed by atoms with Crippen molar-refractivity contribution < 1.29 is 0 Å². The fourth-order valence-corrected chi connectivity index (χ4v) is 2.58. The normalized spacial score (nSPS) is 16.8. The van der Waals surface area contributed by atoms with Crippen LogP contribution in [-0.2, 0) is 0 Å². The summed E-state index contributed by atoms with van der Waals surface area (Å²) in [6.45, 7) is 5.48. The highest BCUT2D eigenvalue weighted by Gasteiger charge is 2.19. The standard InChI is InChI=1S/C14H20N6/c15-5-6-19-7-9-20(10-8-19)14-17-12-4-2-1-3-11(12)13(16)18-14/h1-4H,5-10,15H2,(H2,16,17,18). The van der Waals surface area contributed by atoms with Crippen LogP contribution in [0.15, 0.2) is 24.3 Å². The first kappa shape index (κ1) is 13.1. The molecule has 1 aromatic carbocycles. The number of fused-ring (bicyclic) bond motifs is 1. The average molecular weight is 272 g/mol. The van der Waals surface area contributed by atoms with Gasteiger partial charge in [0.2, 0.25) is 5.95 Å². The summed E-state index contributed by atoms with van der Waals surface area (Å²) in [7, 11) is 0. The van der Waals surface area contributed by atoms with E-state index < -0.39 is 0 Å². The van der Waals surface area contributed by atoms with Gasteiger partial charge in [-0.1, -0.05) is 12.1 Å². The minimum atomic E-state index is 0.551. The van der Waals surface area contributed by atoms with E-state index in [-0.39, 0.29) is 0 Å². The van der Waals surface area contributed by atoms with Crippen molar-refractivity contribution in [1.29, 1.82) is 0 Å². The van der Waals surface area contributed by atoms with E-state index in [2.05, 4.69) is 19.8 Å². The molecule has 0 aliphatic carbocycles. The van der Waals surface area contributed by atoms with Gasteiger partial charge in [-0.3, -0.25) is 4.90 Å². The van der Waals surface area contributed by atoms with Crippen molar-refractivity contribution in [3.8, 4) is 0 Å². The molecule has 1 aliphatic rings. The fourth-order valence-electron chi connectivity index (χ4n) is 2.58. The van der Waals surface area contributed by atoms with Crippen LogP contribution in [0.3, 0.4) is 0 Å². The number of benzene rings is 1. The second-order valence-corrected chi connectivity index (χ2v) is 5.04. The van der Waals surface area contributed by atoms with Gasteiger partial charge in [-0.2, -0.15) is 4.98 Å². The van der Waals surface area contributed by atoms with Gasteiger partial charge in [-0.25, -0.2) is 4.98 Å². The topological polar surface area (TPSA) is 84.3 Å². The van der Waals surface area contributed by atoms with E-state index in [4.69, 9.17) is 11.5 Å². The van der Waals surface area contributed by atoms with Crippen molar-refractivity contribution >= 4 is 22.7 Å². The van der Waals surface area contributed by atoms with Gasteiger partial charge in [0.25, 0.3) is 0 Å². The van der Waals surface area contributed by atoms with Crippen LogP contribution in [0.5, 0.6) is 0 Å². The van der Waals surface area contributed by atoms with E-state index in [9.17, 15) is 0 Å². The minimum Gasteiger partial charge on any atom is -0.383 e. The Balaban J connectivity index is 1.81. The van der Waals surface area contributed by atoms with Crippen molar-refractivity contribution in [3.63, 3.8) is 0 Å². The van der Waals surface area contributed by atoms with Gasteiger partial charge in [0.1, 0.15) is 5.82 Å². The van der Waals surface area contributed by atoms with Crippen LogP contribution in [-0.4, -0.2) is 54.1 Å².